The predicted octanol–water partition coefficient (Wildman–Crippen LogP) is 2.76. The van der Waals surface area contributed by atoms with E-state index < -0.39 is 33.7 Å². The highest BCUT2D eigenvalue weighted by Crippen LogP contribution is 2.60. The van der Waals surface area contributed by atoms with Crippen molar-refractivity contribution in [2.24, 2.45) is 0 Å². The molecule has 0 saturated carbocycles. The van der Waals surface area contributed by atoms with Gasteiger partial charge in [0.2, 0.25) is 10.8 Å². The highest BCUT2D eigenvalue weighted by Gasteiger charge is 2.76. The molecule has 2 heterocycles. The number of para-hydroxylation sites is 1. The van der Waals surface area contributed by atoms with Crippen molar-refractivity contribution in [3.63, 3.8) is 0 Å². The maximum Gasteiger partial charge on any atom is 0.225 e. The SMILES string of the molecule is OC[C@]1(Br)O[C@](O)(c2cccc3ccccc23)[C@@H](O)[C@@](O)(c2c[nH]c3ccccc23)[C@@]1(O)Cl. The minimum Gasteiger partial charge on any atom is -0.392 e. The average Bonchev–Trinajstić information content (AvgIpc) is 3.26. The van der Waals surface area contributed by atoms with E-state index in [0.717, 1.165) is 5.39 Å². The number of hydrogen-bond donors (Lipinski definition) is 6. The van der Waals surface area contributed by atoms with Gasteiger partial charge in [-0.2, -0.15) is 0 Å². The van der Waals surface area contributed by atoms with Crippen LogP contribution in [0, 0.1) is 0 Å². The number of ether oxygens (including phenoxy) is 1. The molecule has 7 nitrogen and oxygen atoms in total. The van der Waals surface area contributed by atoms with Gasteiger partial charge in [0, 0.05) is 28.2 Å². The molecule has 0 aliphatic carbocycles. The number of H-pyrrole nitrogens is 1. The number of aromatic amines is 1. The molecule has 5 atom stereocenters. The minimum absolute atomic E-state index is 0.0161. The van der Waals surface area contributed by atoms with Crippen LogP contribution in [0.5, 0.6) is 0 Å². The number of rotatable bonds is 3. The fourth-order valence-corrected chi connectivity index (χ4v) is 5.56. The maximum absolute atomic E-state index is 12.0. The van der Waals surface area contributed by atoms with E-state index in [9.17, 15) is 25.5 Å². The molecule has 1 fully saturated rings. The number of aliphatic hydroxyl groups excluding tert-OH is 2. The van der Waals surface area contributed by atoms with Gasteiger partial charge in [0.1, 0.15) is 6.10 Å². The summed E-state index contributed by atoms with van der Waals surface area (Å²) in [4.78, 5) is 2.97. The fraction of sp³-hybridized carbons (Fsp3) is 0.250. The summed E-state index contributed by atoms with van der Waals surface area (Å²) in [6.45, 7) is -0.947. The number of hydrogen-bond acceptors (Lipinski definition) is 6. The zero-order valence-corrected chi connectivity index (χ0v) is 19.5. The summed E-state index contributed by atoms with van der Waals surface area (Å²) in [5.74, 6) is -2.60. The van der Waals surface area contributed by atoms with E-state index in [1.165, 1.54) is 12.3 Å². The Balaban J connectivity index is 1.82. The van der Waals surface area contributed by atoms with E-state index in [-0.39, 0.29) is 11.1 Å². The van der Waals surface area contributed by atoms with Crippen molar-refractivity contribution in [2.45, 2.75) is 27.1 Å². The first-order valence-corrected chi connectivity index (χ1v) is 11.4. The Morgan fingerprint density at radius 3 is 2.27 bits per heavy atom. The van der Waals surface area contributed by atoms with Crippen molar-refractivity contribution in [1.29, 1.82) is 0 Å². The topological polar surface area (TPSA) is 126 Å². The van der Waals surface area contributed by atoms with Crippen LogP contribution in [-0.2, 0) is 16.1 Å². The van der Waals surface area contributed by atoms with E-state index in [4.69, 9.17) is 16.3 Å². The normalized spacial score (nSPS) is 34.7. The van der Waals surface area contributed by atoms with E-state index in [1.807, 2.05) is 18.2 Å². The molecule has 4 aromatic rings. The van der Waals surface area contributed by atoms with Gasteiger partial charge in [-0.15, -0.1) is 0 Å². The first-order chi connectivity index (χ1) is 15.6. The lowest BCUT2D eigenvalue weighted by atomic mass is 9.72. The molecule has 6 N–H and O–H groups in total. The number of alkyl halides is 2. The Morgan fingerprint density at radius 2 is 1.55 bits per heavy atom. The van der Waals surface area contributed by atoms with Crippen LogP contribution in [0.25, 0.3) is 21.7 Å². The molecule has 0 bridgehead atoms. The van der Waals surface area contributed by atoms with Gasteiger partial charge in [-0.25, -0.2) is 0 Å². The first-order valence-electron chi connectivity index (χ1n) is 10.2. The number of benzene rings is 3. The third-order valence-corrected chi connectivity index (χ3v) is 8.27. The average molecular weight is 535 g/mol. The molecule has 1 saturated heterocycles. The number of fused-ring (bicyclic) bond motifs is 2. The summed E-state index contributed by atoms with van der Waals surface area (Å²) < 4.78 is 3.48. The Kier molecular flexibility index (Phi) is 5.17. The van der Waals surface area contributed by atoms with Crippen molar-refractivity contribution in [3.8, 4) is 0 Å². The highest BCUT2D eigenvalue weighted by molar-refractivity contribution is 9.10. The largest absolute Gasteiger partial charge is 0.392 e. The van der Waals surface area contributed by atoms with Gasteiger partial charge >= 0.3 is 0 Å². The van der Waals surface area contributed by atoms with Gasteiger partial charge in [0.15, 0.2) is 10.1 Å². The summed E-state index contributed by atoms with van der Waals surface area (Å²) in [5.41, 5.74) is -1.98. The van der Waals surface area contributed by atoms with Crippen molar-refractivity contribution in [1.82, 2.24) is 4.98 Å². The van der Waals surface area contributed by atoms with E-state index in [0.29, 0.717) is 16.3 Å². The molecule has 9 heteroatoms. The Bertz CT molecular complexity index is 1360. The van der Waals surface area contributed by atoms with Gasteiger partial charge in [0.25, 0.3) is 0 Å². The lowest BCUT2D eigenvalue weighted by Gasteiger charge is -2.58. The van der Waals surface area contributed by atoms with Crippen molar-refractivity contribution >= 4 is 49.2 Å². The van der Waals surface area contributed by atoms with Gasteiger partial charge in [-0.3, -0.25) is 0 Å². The zero-order valence-electron chi connectivity index (χ0n) is 17.1. The van der Waals surface area contributed by atoms with Crippen molar-refractivity contribution in [2.75, 3.05) is 6.61 Å². The van der Waals surface area contributed by atoms with Gasteiger partial charge in [0.05, 0.1) is 6.61 Å². The summed E-state index contributed by atoms with van der Waals surface area (Å²) in [7, 11) is 0. The summed E-state index contributed by atoms with van der Waals surface area (Å²) in [6, 6.07) is 19.0. The fourth-order valence-electron chi connectivity index (χ4n) is 4.71. The first kappa shape index (κ1) is 22.8. The van der Waals surface area contributed by atoms with Crippen LogP contribution in [0.15, 0.2) is 72.9 Å². The van der Waals surface area contributed by atoms with Gasteiger partial charge in [-0.1, -0.05) is 72.3 Å². The van der Waals surface area contributed by atoms with Crippen LogP contribution < -0.4 is 0 Å². The lowest BCUT2D eigenvalue weighted by molar-refractivity contribution is -0.405. The van der Waals surface area contributed by atoms with Gasteiger partial charge < -0.3 is 35.3 Å². The van der Waals surface area contributed by atoms with E-state index >= 15 is 0 Å². The van der Waals surface area contributed by atoms with Crippen LogP contribution >= 0.6 is 27.5 Å². The third-order valence-electron chi connectivity index (χ3n) is 6.46. The number of halogens is 2. The molecule has 0 spiro atoms. The van der Waals surface area contributed by atoms with E-state index in [2.05, 4.69) is 20.9 Å². The summed E-state index contributed by atoms with van der Waals surface area (Å²) in [6.07, 6.45) is -0.796. The Morgan fingerprint density at radius 1 is 0.909 bits per heavy atom. The standard InChI is InChI=1S/C24H21BrClNO6/c25-21(13-28)24(26,32)22(30,18-12-27-19-11-4-3-9-16(18)19)20(29)23(31,33-21)17-10-5-7-14-6-1-2-8-15(14)17/h1-12,20,27-32H,13H2/t20-,21-,22-,23+,24+/m0/s1. The monoisotopic (exact) mass is 533 g/mol. The molecule has 5 rings (SSSR count). The molecule has 0 amide bonds. The molecule has 33 heavy (non-hydrogen) atoms. The molecular formula is C24H21BrClNO6. The molecule has 3 aromatic carbocycles. The smallest absolute Gasteiger partial charge is 0.225 e. The second-order valence-corrected chi connectivity index (χ2v) is 10.1. The molecule has 0 radical (unpaired) electrons. The molecule has 1 aliphatic rings. The predicted molar refractivity (Wildman–Crippen MR) is 127 cm³/mol. The lowest BCUT2D eigenvalue weighted by Crippen LogP contribution is -2.76. The molecule has 0 unspecified atom stereocenters. The maximum atomic E-state index is 12.0. The minimum atomic E-state index is -2.82. The summed E-state index contributed by atoms with van der Waals surface area (Å²) in [5, 5.41) is 56.0. The Hall–Kier alpha value is -2.01. The van der Waals surface area contributed by atoms with Crippen LogP contribution in [0.2, 0.25) is 0 Å². The van der Waals surface area contributed by atoms with Crippen LogP contribution in [-0.4, -0.2) is 52.8 Å². The molecule has 1 aromatic heterocycles. The highest BCUT2D eigenvalue weighted by atomic mass is 79.9. The molecule has 1 aliphatic heterocycles. The molecule has 172 valence electrons. The summed E-state index contributed by atoms with van der Waals surface area (Å²) >= 11 is 9.61. The van der Waals surface area contributed by atoms with Crippen LogP contribution in [0.1, 0.15) is 11.1 Å². The van der Waals surface area contributed by atoms with Crippen LogP contribution in [0.3, 0.4) is 0 Å². The van der Waals surface area contributed by atoms with Gasteiger partial charge in [-0.05, 0) is 32.8 Å². The van der Waals surface area contributed by atoms with Crippen molar-refractivity contribution in [3.05, 3.63) is 84.1 Å². The zero-order chi connectivity index (χ0) is 23.6. The van der Waals surface area contributed by atoms with Crippen molar-refractivity contribution < 1.29 is 30.3 Å². The quantitative estimate of drug-likeness (QED) is 0.225. The Labute approximate surface area is 202 Å². The second kappa shape index (κ2) is 7.49. The number of nitrogens with one attached hydrogen (secondary N) is 1. The second-order valence-electron chi connectivity index (χ2n) is 8.25. The van der Waals surface area contributed by atoms with E-state index in [1.54, 1.807) is 42.5 Å². The number of aromatic nitrogens is 1. The van der Waals surface area contributed by atoms with Crippen LogP contribution in [0.4, 0.5) is 0 Å². The number of aliphatic hydroxyl groups is 5. The third kappa shape index (κ3) is 2.90. The molecular weight excluding hydrogens is 514 g/mol.